The molecule has 0 spiro atoms. The number of carbonyl (C=O) groups is 1. The highest BCUT2D eigenvalue weighted by Crippen LogP contribution is 2.20. The molecule has 2 rings (SSSR count). The molecule has 0 radical (unpaired) electrons. The summed E-state index contributed by atoms with van der Waals surface area (Å²) in [7, 11) is 3.63. The average molecular weight is 341 g/mol. The first kappa shape index (κ1) is 15.3. The summed E-state index contributed by atoms with van der Waals surface area (Å²) in [5.41, 5.74) is 0. The Balaban J connectivity index is 1.82. The molecule has 1 aliphatic rings. The molecule has 4 nitrogen and oxygen atoms in total. The lowest BCUT2D eigenvalue weighted by molar-refractivity contribution is -0.133. The van der Waals surface area contributed by atoms with E-state index < -0.39 is 0 Å². The van der Waals surface area contributed by atoms with E-state index in [1.54, 1.807) is 4.90 Å². The molecule has 1 aromatic carbocycles. The quantitative estimate of drug-likeness (QED) is 0.824. The lowest BCUT2D eigenvalue weighted by atomic mass is 10.2. The normalized spacial score (nSPS) is 19.1. The highest BCUT2D eigenvalue weighted by molar-refractivity contribution is 9.10. The molecule has 1 unspecified atom stereocenters. The van der Waals surface area contributed by atoms with Crippen LogP contribution in [0.2, 0.25) is 0 Å². The molecule has 5 heteroatoms. The molecule has 0 saturated carbocycles. The van der Waals surface area contributed by atoms with Crippen molar-refractivity contribution in [2.45, 2.75) is 18.9 Å². The van der Waals surface area contributed by atoms with Gasteiger partial charge in [-0.2, -0.15) is 0 Å². The summed E-state index contributed by atoms with van der Waals surface area (Å²) in [6.45, 7) is 2.37. The molecular weight excluding hydrogens is 320 g/mol. The molecule has 0 aromatic heterocycles. The molecule has 0 N–H and O–H groups in total. The van der Waals surface area contributed by atoms with Crippen LogP contribution in [0.3, 0.4) is 0 Å². The van der Waals surface area contributed by atoms with Crippen molar-refractivity contribution in [1.82, 2.24) is 9.80 Å². The van der Waals surface area contributed by atoms with E-state index in [0.29, 0.717) is 6.61 Å². The Morgan fingerprint density at radius 2 is 2.30 bits per heavy atom. The molecule has 1 aliphatic heterocycles. The van der Waals surface area contributed by atoms with Crippen LogP contribution in [0, 0.1) is 0 Å². The number of ether oxygens (including phenoxy) is 1. The monoisotopic (exact) mass is 340 g/mol. The summed E-state index contributed by atoms with van der Waals surface area (Å²) in [4.78, 5) is 16.0. The van der Waals surface area contributed by atoms with Crippen molar-refractivity contribution in [2.24, 2.45) is 0 Å². The molecule has 110 valence electrons. The molecule has 1 fully saturated rings. The predicted octanol–water partition coefficient (Wildman–Crippen LogP) is 2.38. The summed E-state index contributed by atoms with van der Waals surface area (Å²) < 4.78 is 6.75. The van der Waals surface area contributed by atoms with Crippen LogP contribution in [0.25, 0.3) is 0 Å². The van der Waals surface area contributed by atoms with Crippen LogP contribution in [0.5, 0.6) is 5.75 Å². The first-order chi connectivity index (χ1) is 9.58. The van der Waals surface area contributed by atoms with Gasteiger partial charge >= 0.3 is 0 Å². The smallest absolute Gasteiger partial charge is 0.239 e. The minimum atomic E-state index is 0.0242. The number of likely N-dealkylation sites (N-methyl/N-ethyl adjacent to an activating group) is 1. The van der Waals surface area contributed by atoms with Crippen LogP contribution in [0.4, 0.5) is 0 Å². The Kier molecular flexibility index (Phi) is 5.43. The molecule has 1 saturated heterocycles. The third-order valence-electron chi connectivity index (χ3n) is 3.53. The van der Waals surface area contributed by atoms with Crippen molar-refractivity contribution in [3.8, 4) is 5.75 Å². The maximum atomic E-state index is 12.1. The average Bonchev–Trinajstić information content (AvgIpc) is 2.86. The summed E-state index contributed by atoms with van der Waals surface area (Å²) in [5.74, 6) is 1.05. The second-order valence-electron chi connectivity index (χ2n) is 5.23. The number of likely N-dealkylation sites (tertiary alicyclic amines) is 1. The first-order valence-electron chi connectivity index (χ1n) is 6.91. The zero-order valence-corrected chi connectivity index (χ0v) is 13.6. The van der Waals surface area contributed by atoms with Gasteiger partial charge in [0.25, 0.3) is 0 Å². The van der Waals surface area contributed by atoms with E-state index in [9.17, 15) is 4.79 Å². The summed E-state index contributed by atoms with van der Waals surface area (Å²) in [6, 6.07) is 7.84. The molecule has 0 aliphatic carbocycles. The maximum Gasteiger partial charge on any atom is 0.239 e. The standard InChI is InChI=1S/C15H21BrN2O2/c1-17(2)15(19)14-7-4-8-18(14)9-10-20-13-6-3-5-12(16)11-13/h3,5-6,11,14H,4,7-10H2,1-2H3. The van der Waals surface area contributed by atoms with Gasteiger partial charge < -0.3 is 9.64 Å². The van der Waals surface area contributed by atoms with Crippen molar-refractivity contribution in [3.05, 3.63) is 28.7 Å². The van der Waals surface area contributed by atoms with Gasteiger partial charge in [0.1, 0.15) is 12.4 Å². The SMILES string of the molecule is CN(C)C(=O)C1CCCN1CCOc1cccc(Br)c1. The van der Waals surface area contributed by atoms with Crippen LogP contribution < -0.4 is 4.74 Å². The van der Waals surface area contributed by atoms with E-state index in [4.69, 9.17) is 4.74 Å². The van der Waals surface area contributed by atoms with Crippen molar-refractivity contribution in [2.75, 3.05) is 33.8 Å². The summed E-state index contributed by atoms with van der Waals surface area (Å²) >= 11 is 3.42. The zero-order chi connectivity index (χ0) is 14.5. The highest BCUT2D eigenvalue weighted by atomic mass is 79.9. The van der Waals surface area contributed by atoms with Gasteiger partial charge in [-0.15, -0.1) is 0 Å². The Hall–Kier alpha value is -1.07. The number of hydrogen-bond donors (Lipinski definition) is 0. The van der Waals surface area contributed by atoms with Gasteiger partial charge in [-0.3, -0.25) is 9.69 Å². The molecule has 1 aromatic rings. The molecule has 0 bridgehead atoms. The van der Waals surface area contributed by atoms with E-state index in [1.165, 1.54) is 0 Å². The van der Waals surface area contributed by atoms with E-state index in [2.05, 4.69) is 20.8 Å². The first-order valence-corrected chi connectivity index (χ1v) is 7.71. The number of nitrogens with zero attached hydrogens (tertiary/aromatic N) is 2. The van der Waals surface area contributed by atoms with Crippen LogP contribution >= 0.6 is 15.9 Å². The van der Waals surface area contributed by atoms with Gasteiger partial charge in [0, 0.05) is 25.1 Å². The minimum Gasteiger partial charge on any atom is -0.492 e. The number of benzene rings is 1. The number of halogens is 1. The van der Waals surface area contributed by atoms with Gasteiger partial charge in [-0.05, 0) is 37.6 Å². The van der Waals surface area contributed by atoms with Crippen molar-refractivity contribution >= 4 is 21.8 Å². The van der Waals surface area contributed by atoms with Crippen molar-refractivity contribution in [3.63, 3.8) is 0 Å². The fourth-order valence-corrected chi connectivity index (χ4v) is 2.89. The van der Waals surface area contributed by atoms with E-state index in [-0.39, 0.29) is 11.9 Å². The molecule has 20 heavy (non-hydrogen) atoms. The highest BCUT2D eigenvalue weighted by Gasteiger charge is 2.31. The van der Waals surface area contributed by atoms with Crippen molar-refractivity contribution in [1.29, 1.82) is 0 Å². The van der Waals surface area contributed by atoms with Crippen LogP contribution in [0.1, 0.15) is 12.8 Å². The van der Waals surface area contributed by atoms with Gasteiger partial charge in [0.2, 0.25) is 5.91 Å². The van der Waals surface area contributed by atoms with E-state index >= 15 is 0 Å². The minimum absolute atomic E-state index is 0.0242. The third-order valence-corrected chi connectivity index (χ3v) is 4.03. The fraction of sp³-hybridized carbons (Fsp3) is 0.533. The van der Waals surface area contributed by atoms with Crippen LogP contribution in [-0.4, -0.2) is 55.5 Å². The van der Waals surface area contributed by atoms with Gasteiger partial charge in [-0.1, -0.05) is 22.0 Å². The number of carbonyl (C=O) groups excluding carboxylic acids is 1. The fourth-order valence-electron chi connectivity index (χ4n) is 2.51. The summed E-state index contributed by atoms with van der Waals surface area (Å²) in [5, 5.41) is 0. The number of rotatable bonds is 5. The zero-order valence-electron chi connectivity index (χ0n) is 12.0. The lowest BCUT2D eigenvalue weighted by Gasteiger charge is -2.25. The number of amides is 1. The molecule has 1 amide bonds. The second kappa shape index (κ2) is 7.09. The van der Waals surface area contributed by atoms with Crippen LogP contribution in [-0.2, 0) is 4.79 Å². The van der Waals surface area contributed by atoms with E-state index in [1.807, 2.05) is 38.4 Å². The Bertz CT molecular complexity index is 465. The largest absolute Gasteiger partial charge is 0.492 e. The molecule has 1 atom stereocenters. The Morgan fingerprint density at radius 3 is 3.00 bits per heavy atom. The lowest BCUT2D eigenvalue weighted by Crippen LogP contribution is -2.44. The van der Waals surface area contributed by atoms with E-state index in [0.717, 1.165) is 36.2 Å². The Labute approximate surface area is 128 Å². The maximum absolute atomic E-state index is 12.1. The molecular formula is C15H21BrN2O2. The third kappa shape index (κ3) is 3.96. The van der Waals surface area contributed by atoms with Gasteiger partial charge in [0.15, 0.2) is 0 Å². The second-order valence-corrected chi connectivity index (χ2v) is 6.15. The van der Waals surface area contributed by atoms with Gasteiger partial charge in [0.05, 0.1) is 6.04 Å². The Morgan fingerprint density at radius 1 is 1.50 bits per heavy atom. The topological polar surface area (TPSA) is 32.8 Å². The van der Waals surface area contributed by atoms with Crippen LogP contribution in [0.15, 0.2) is 28.7 Å². The predicted molar refractivity (Wildman–Crippen MR) is 82.9 cm³/mol. The summed E-state index contributed by atoms with van der Waals surface area (Å²) in [6.07, 6.45) is 2.04. The van der Waals surface area contributed by atoms with Gasteiger partial charge in [-0.25, -0.2) is 0 Å². The van der Waals surface area contributed by atoms with Crippen molar-refractivity contribution < 1.29 is 9.53 Å². The molecule has 1 heterocycles. The number of hydrogen-bond acceptors (Lipinski definition) is 3.